The molecule has 25 heavy (non-hydrogen) atoms. The van der Waals surface area contributed by atoms with E-state index in [0.29, 0.717) is 32.6 Å². The van der Waals surface area contributed by atoms with Gasteiger partial charge >= 0.3 is 0 Å². The highest BCUT2D eigenvalue weighted by Gasteiger charge is 2.32. The Kier molecular flexibility index (Phi) is 5.51. The molecule has 0 saturated carbocycles. The van der Waals surface area contributed by atoms with Crippen molar-refractivity contribution in [3.05, 3.63) is 51.3 Å². The molecule has 0 bridgehead atoms. The van der Waals surface area contributed by atoms with Crippen molar-refractivity contribution in [2.24, 2.45) is 4.99 Å². The van der Waals surface area contributed by atoms with E-state index in [2.05, 4.69) is 18.8 Å². The Morgan fingerprint density at radius 2 is 2.16 bits per heavy atom. The number of hydrogen-bond donors (Lipinski definition) is 0. The Hall–Kier alpha value is -1.76. The number of amidine groups is 1. The van der Waals surface area contributed by atoms with Crippen LogP contribution in [0.15, 0.2) is 46.4 Å². The van der Waals surface area contributed by atoms with Crippen molar-refractivity contribution >= 4 is 57.5 Å². The van der Waals surface area contributed by atoms with E-state index in [-0.39, 0.29) is 5.91 Å². The Morgan fingerprint density at radius 3 is 2.76 bits per heavy atom. The molecule has 0 saturated heterocycles. The summed E-state index contributed by atoms with van der Waals surface area (Å²) in [5.74, 6) is 0.416. The van der Waals surface area contributed by atoms with Crippen LogP contribution >= 0.6 is 34.7 Å². The predicted octanol–water partition coefficient (Wildman–Crippen LogP) is 5.30. The Balaban J connectivity index is 2.00. The molecule has 1 aromatic carbocycles. The second-order valence-electron chi connectivity index (χ2n) is 5.57. The SMILES string of the molecule is COc1ccc(N2C(=O)/C(=C\c3cccs3)N=C2SC(C)C)cc1Cl. The zero-order chi connectivity index (χ0) is 18.0. The molecule has 4 nitrogen and oxygen atoms in total. The number of hydrogen-bond acceptors (Lipinski definition) is 5. The van der Waals surface area contributed by atoms with Crippen LogP contribution in [0.5, 0.6) is 5.75 Å². The second-order valence-corrected chi connectivity index (χ2v) is 8.50. The number of halogens is 1. The molecular formula is C18H17ClN2O2S2. The molecule has 7 heteroatoms. The molecule has 0 N–H and O–H groups in total. The summed E-state index contributed by atoms with van der Waals surface area (Å²) in [6, 6.07) is 9.20. The van der Waals surface area contributed by atoms with Crippen LogP contribution < -0.4 is 9.64 Å². The fourth-order valence-corrected chi connectivity index (χ4v) is 4.09. The number of anilines is 1. The van der Waals surface area contributed by atoms with Crippen LogP contribution in [-0.2, 0) is 4.79 Å². The van der Waals surface area contributed by atoms with Crippen LogP contribution in [0.25, 0.3) is 6.08 Å². The van der Waals surface area contributed by atoms with E-state index in [1.807, 2.05) is 29.7 Å². The summed E-state index contributed by atoms with van der Waals surface area (Å²) in [4.78, 5) is 20.1. The third kappa shape index (κ3) is 3.92. The van der Waals surface area contributed by atoms with Gasteiger partial charge in [0.2, 0.25) is 0 Å². The maximum absolute atomic E-state index is 12.9. The predicted molar refractivity (Wildman–Crippen MR) is 108 cm³/mol. The van der Waals surface area contributed by atoms with Gasteiger partial charge in [0, 0.05) is 10.1 Å². The largest absolute Gasteiger partial charge is 0.495 e. The fraction of sp³-hybridized carbons (Fsp3) is 0.222. The summed E-state index contributed by atoms with van der Waals surface area (Å²) in [6.45, 7) is 4.13. The minimum atomic E-state index is -0.155. The highest BCUT2D eigenvalue weighted by molar-refractivity contribution is 8.14. The lowest BCUT2D eigenvalue weighted by atomic mass is 10.2. The number of ether oxygens (including phenoxy) is 1. The van der Waals surface area contributed by atoms with Crippen LogP contribution in [0.3, 0.4) is 0 Å². The number of benzene rings is 1. The first-order chi connectivity index (χ1) is 12.0. The number of carbonyl (C=O) groups is 1. The van der Waals surface area contributed by atoms with Crippen molar-refractivity contribution in [3.8, 4) is 5.75 Å². The van der Waals surface area contributed by atoms with Gasteiger partial charge in [0.25, 0.3) is 5.91 Å². The van der Waals surface area contributed by atoms with Gasteiger partial charge in [-0.2, -0.15) is 0 Å². The number of aliphatic imine (C=N–C) groups is 1. The molecule has 0 atom stereocenters. The summed E-state index contributed by atoms with van der Waals surface area (Å²) >= 11 is 9.35. The van der Waals surface area contributed by atoms with Crippen molar-refractivity contribution in [2.45, 2.75) is 19.1 Å². The van der Waals surface area contributed by atoms with E-state index in [1.165, 1.54) is 0 Å². The van der Waals surface area contributed by atoms with Crippen molar-refractivity contribution in [1.82, 2.24) is 0 Å². The van der Waals surface area contributed by atoms with Crippen LogP contribution in [0.4, 0.5) is 5.69 Å². The summed E-state index contributed by atoms with van der Waals surface area (Å²) in [6.07, 6.45) is 1.82. The molecule has 0 unspecified atom stereocenters. The molecule has 0 fully saturated rings. The van der Waals surface area contributed by atoms with Gasteiger partial charge in [-0.3, -0.25) is 9.69 Å². The van der Waals surface area contributed by atoms with E-state index >= 15 is 0 Å². The molecule has 0 spiro atoms. The number of rotatable bonds is 4. The average Bonchev–Trinajstić information content (AvgIpc) is 3.16. The lowest BCUT2D eigenvalue weighted by Crippen LogP contribution is -2.30. The molecule has 1 amide bonds. The lowest BCUT2D eigenvalue weighted by molar-refractivity contribution is -0.113. The van der Waals surface area contributed by atoms with E-state index in [9.17, 15) is 4.79 Å². The monoisotopic (exact) mass is 392 g/mol. The van der Waals surface area contributed by atoms with Gasteiger partial charge in [-0.15, -0.1) is 11.3 Å². The van der Waals surface area contributed by atoms with Gasteiger partial charge in [0.1, 0.15) is 11.4 Å². The Bertz CT molecular complexity index is 845. The topological polar surface area (TPSA) is 41.9 Å². The zero-order valence-electron chi connectivity index (χ0n) is 14.0. The smallest absolute Gasteiger partial charge is 0.283 e. The van der Waals surface area contributed by atoms with Crippen LogP contribution in [0, 0.1) is 0 Å². The number of carbonyl (C=O) groups excluding carboxylic acids is 1. The van der Waals surface area contributed by atoms with Crippen molar-refractivity contribution in [2.75, 3.05) is 12.0 Å². The van der Waals surface area contributed by atoms with Crippen molar-refractivity contribution in [3.63, 3.8) is 0 Å². The molecule has 1 aliphatic heterocycles. The third-order valence-corrected chi connectivity index (χ3v) is 5.46. The first-order valence-electron chi connectivity index (χ1n) is 7.68. The first-order valence-corrected chi connectivity index (χ1v) is 9.82. The summed E-state index contributed by atoms with van der Waals surface area (Å²) < 4.78 is 5.19. The van der Waals surface area contributed by atoms with Crippen molar-refractivity contribution < 1.29 is 9.53 Å². The molecule has 1 aromatic heterocycles. The van der Waals surface area contributed by atoms with Crippen LogP contribution in [0.2, 0.25) is 5.02 Å². The lowest BCUT2D eigenvalue weighted by Gasteiger charge is -2.19. The molecule has 2 aromatic rings. The summed E-state index contributed by atoms with van der Waals surface area (Å²) in [7, 11) is 1.56. The van der Waals surface area contributed by atoms with Crippen molar-refractivity contribution in [1.29, 1.82) is 0 Å². The minimum absolute atomic E-state index is 0.155. The standard InChI is InChI=1S/C18H17ClN2O2S2/c1-11(2)25-18-20-15(10-13-5-4-8-24-13)17(22)21(18)12-6-7-16(23-3)14(19)9-12/h4-11H,1-3H3/b15-10+. The van der Waals surface area contributed by atoms with Gasteiger partial charge in [0.15, 0.2) is 5.17 Å². The molecular weight excluding hydrogens is 376 g/mol. The van der Waals surface area contributed by atoms with E-state index < -0.39 is 0 Å². The highest BCUT2D eigenvalue weighted by atomic mass is 35.5. The van der Waals surface area contributed by atoms with Crippen LogP contribution in [-0.4, -0.2) is 23.4 Å². The minimum Gasteiger partial charge on any atom is -0.495 e. The van der Waals surface area contributed by atoms with Crippen LogP contribution in [0.1, 0.15) is 18.7 Å². The third-order valence-electron chi connectivity index (χ3n) is 3.39. The summed E-state index contributed by atoms with van der Waals surface area (Å²) in [5.41, 5.74) is 1.11. The molecule has 1 aliphatic rings. The number of amides is 1. The molecule has 3 rings (SSSR count). The number of thioether (sulfide) groups is 1. The first kappa shape index (κ1) is 18.0. The van der Waals surface area contributed by atoms with E-state index in [4.69, 9.17) is 16.3 Å². The normalized spacial score (nSPS) is 16.0. The molecule has 130 valence electrons. The zero-order valence-corrected chi connectivity index (χ0v) is 16.4. The molecule has 0 aliphatic carbocycles. The van der Waals surface area contributed by atoms with E-state index in [1.54, 1.807) is 47.2 Å². The number of methoxy groups -OCH3 is 1. The van der Waals surface area contributed by atoms with Gasteiger partial charge in [-0.05, 0) is 35.7 Å². The quantitative estimate of drug-likeness (QED) is 0.663. The Labute approximate surface area is 160 Å². The second kappa shape index (κ2) is 7.64. The highest BCUT2D eigenvalue weighted by Crippen LogP contribution is 2.35. The number of thiophene rings is 1. The average molecular weight is 393 g/mol. The molecule has 2 heterocycles. The van der Waals surface area contributed by atoms with Gasteiger partial charge in [-0.1, -0.05) is 43.3 Å². The summed E-state index contributed by atoms with van der Waals surface area (Å²) in [5, 5.41) is 3.38. The van der Waals surface area contributed by atoms with E-state index in [0.717, 1.165) is 4.88 Å². The fourth-order valence-electron chi connectivity index (χ4n) is 2.32. The number of nitrogens with zero attached hydrogens (tertiary/aromatic N) is 2. The maximum atomic E-state index is 12.9. The van der Waals surface area contributed by atoms with Gasteiger partial charge < -0.3 is 4.74 Å². The Morgan fingerprint density at radius 1 is 1.36 bits per heavy atom. The molecule has 0 radical (unpaired) electrons. The van der Waals surface area contributed by atoms with Gasteiger partial charge in [0.05, 0.1) is 17.8 Å². The maximum Gasteiger partial charge on any atom is 0.283 e. The van der Waals surface area contributed by atoms with Gasteiger partial charge in [-0.25, -0.2) is 4.99 Å².